The molecule has 1 nitrogen and oxygen atoms in total. The Balaban J connectivity index is 1.81. The van der Waals surface area contributed by atoms with Crippen molar-refractivity contribution in [2.75, 3.05) is 0 Å². The minimum absolute atomic E-state index is 0.0755. The summed E-state index contributed by atoms with van der Waals surface area (Å²) in [5.74, 6) is 0.665. The summed E-state index contributed by atoms with van der Waals surface area (Å²) in [6.07, 6.45) is 3.15. The molecule has 2 heterocycles. The molecule has 5 rings (SSSR count). The van der Waals surface area contributed by atoms with Crippen molar-refractivity contribution in [3.05, 3.63) is 78.0 Å². The van der Waals surface area contributed by atoms with Gasteiger partial charge in [0.1, 0.15) is 0 Å². The second kappa shape index (κ2) is 7.62. The zero-order valence-electron chi connectivity index (χ0n) is 19.0. The van der Waals surface area contributed by atoms with E-state index < -0.39 is 0 Å². The topological polar surface area (TPSA) is 12.9 Å². The molecule has 0 saturated carbocycles. The number of benzene rings is 3. The van der Waals surface area contributed by atoms with Gasteiger partial charge in [-0.25, -0.2) is 0 Å². The third-order valence-corrected chi connectivity index (χ3v) is 8.80. The maximum atomic E-state index is 4.94. The first-order valence-electron chi connectivity index (χ1n) is 11.2. The van der Waals surface area contributed by atoms with Crippen LogP contribution in [-0.4, -0.2) is 19.5 Å². The number of hydrogen-bond acceptors (Lipinski definition) is 1. The molecule has 0 amide bonds. The second-order valence-corrected chi connectivity index (χ2v) is 12.2. The van der Waals surface area contributed by atoms with Gasteiger partial charge in [-0.05, 0) is 0 Å². The summed E-state index contributed by atoms with van der Waals surface area (Å²) >= 11 is 0.285. The first kappa shape index (κ1) is 20.5. The number of hydrogen-bond donors (Lipinski definition) is 0. The van der Waals surface area contributed by atoms with E-state index in [1.54, 1.807) is 4.26 Å². The van der Waals surface area contributed by atoms with Gasteiger partial charge >= 0.3 is 191 Å². The standard InChI is InChI=1S/C29H29NSe/c1-18(2)15-20-10-8-12-23-24-13-14-30-26(28(24)31-27(20)23)21-16-19-9-6-7-11-22(19)25(17-21)29(3,4)5/h6-14,16-18H,15H2,1-5H3. The van der Waals surface area contributed by atoms with Crippen LogP contribution < -0.4 is 0 Å². The monoisotopic (exact) mass is 471 g/mol. The van der Waals surface area contributed by atoms with E-state index in [0.29, 0.717) is 5.92 Å². The van der Waals surface area contributed by atoms with E-state index in [9.17, 15) is 0 Å². The van der Waals surface area contributed by atoms with Crippen LogP contribution in [0.2, 0.25) is 0 Å². The van der Waals surface area contributed by atoms with Crippen LogP contribution in [0.1, 0.15) is 45.7 Å². The molecule has 3 aromatic carbocycles. The molecule has 0 saturated heterocycles. The van der Waals surface area contributed by atoms with Gasteiger partial charge in [-0.3, -0.25) is 0 Å². The van der Waals surface area contributed by atoms with Crippen LogP contribution in [0.4, 0.5) is 0 Å². The van der Waals surface area contributed by atoms with Gasteiger partial charge in [0.2, 0.25) is 0 Å². The van der Waals surface area contributed by atoms with Gasteiger partial charge in [-0.15, -0.1) is 0 Å². The third-order valence-electron chi connectivity index (χ3n) is 6.07. The van der Waals surface area contributed by atoms with Crippen molar-refractivity contribution in [2.24, 2.45) is 5.92 Å². The first-order valence-corrected chi connectivity index (χ1v) is 12.9. The first-order chi connectivity index (χ1) is 14.8. The molecule has 156 valence electrons. The molecule has 0 N–H and O–H groups in total. The van der Waals surface area contributed by atoms with Gasteiger partial charge in [0, 0.05) is 0 Å². The molecule has 5 aromatic rings. The molecule has 0 unspecified atom stereocenters. The van der Waals surface area contributed by atoms with Gasteiger partial charge in [-0.2, -0.15) is 0 Å². The number of fused-ring (bicyclic) bond motifs is 4. The molecule has 0 bridgehead atoms. The van der Waals surface area contributed by atoms with E-state index in [1.807, 2.05) is 6.20 Å². The fraction of sp³-hybridized carbons (Fsp3) is 0.276. The maximum absolute atomic E-state index is 4.94. The van der Waals surface area contributed by atoms with Crippen LogP contribution in [0.5, 0.6) is 0 Å². The zero-order valence-corrected chi connectivity index (χ0v) is 20.7. The van der Waals surface area contributed by atoms with E-state index in [1.165, 1.54) is 48.2 Å². The SMILES string of the molecule is CC(C)Cc1cccc2c1[se]c1c(-c3cc(C(C)(C)C)c4ccccc4c3)nccc12. The molecular formula is C29H29NSe. The molecule has 2 heteroatoms. The summed E-state index contributed by atoms with van der Waals surface area (Å²) in [6, 6.07) is 22.6. The molecule has 0 radical (unpaired) electrons. The number of rotatable bonds is 3. The molecule has 0 aliphatic carbocycles. The van der Waals surface area contributed by atoms with E-state index in [4.69, 9.17) is 4.98 Å². The number of aromatic nitrogens is 1. The van der Waals surface area contributed by atoms with Crippen molar-refractivity contribution in [2.45, 2.75) is 46.5 Å². The quantitative estimate of drug-likeness (QED) is 0.246. The summed E-state index contributed by atoms with van der Waals surface area (Å²) in [6.45, 7) is 11.5. The normalized spacial score (nSPS) is 12.5. The van der Waals surface area contributed by atoms with Crippen molar-refractivity contribution in [3.63, 3.8) is 0 Å². The van der Waals surface area contributed by atoms with Crippen molar-refractivity contribution in [1.82, 2.24) is 4.98 Å². The van der Waals surface area contributed by atoms with Crippen LogP contribution in [0.3, 0.4) is 0 Å². The fourth-order valence-electron chi connectivity index (χ4n) is 4.66. The molecule has 0 aliphatic heterocycles. The number of nitrogens with zero attached hydrogens (tertiary/aromatic N) is 1. The molecule has 0 fully saturated rings. The average Bonchev–Trinajstić information content (AvgIpc) is 3.12. The average molecular weight is 471 g/mol. The van der Waals surface area contributed by atoms with Gasteiger partial charge in [0.25, 0.3) is 0 Å². The van der Waals surface area contributed by atoms with Crippen LogP contribution in [0, 0.1) is 5.92 Å². The fourth-order valence-corrected chi connectivity index (χ4v) is 7.45. The van der Waals surface area contributed by atoms with Crippen molar-refractivity contribution < 1.29 is 0 Å². The Morgan fingerprint density at radius 1 is 0.839 bits per heavy atom. The predicted molar refractivity (Wildman–Crippen MR) is 136 cm³/mol. The van der Waals surface area contributed by atoms with Crippen molar-refractivity contribution in [3.8, 4) is 11.3 Å². The minimum atomic E-state index is 0.0755. The van der Waals surface area contributed by atoms with E-state index in [-0.39, 0.29) is 19.9 Å². The van der Waals surface area contributed by atoms with Crippen molar-refractivity contribution in [1.29, 1.82) is 0 Å². The Hall–Kier alpha value is -2.41. The Labute approximate surface area is 190 Å². The predicted octanol–water partition coefficient (Wildman–Crippen LogP) is 7.76. The number of pyridine rings is 1. The van der Waals surface area contributed by atoms with Gasteiger partial charge < -0.3 is 0 Å². The van der Waals surface area contributed by atoms with Crippen LogP contribution >= 0.6 is 0 Å². The van der Waals surface area contributed by atoms with Crippen LogP contribution in [-0.2, 0) is 11.8 Å². The van der Waals surface area contributed by atoms with Gasteiger partial charge in [0.05, 0.1) is 0 Å². The molecule has 0 aliphatic rings. The zero-order chi connectivity index (χ0) is 21.8. The Morgan fingerprint density at radius 2 is 1.58 bits per heavy atom. The summed E-state index contributed by atoms with van der Waals surface area (Å²) in [5.41, 5.74) is 5.40. The van der Waals surface area contributed by atoms with Crippen LogP contribution in [0.25, 0.3) is 41.3 Å². The second-order valence-electron chi connectivity index (χ2n) is 10.0. The summed E-state index contributed by atoms with van der Waals surface area (Å²) < 4.78 is 3.00. The van der Waals surface area contributed by atoms with Crippen LogP contribution in [0.15, 0.2) is 66.9 Å². The molecule has 0 spiro atoms. The molecule has 0 atom stereocenters. The summed E-state index contributed by atoms with van der Waals surface area (Å²) in [7, 11) is 0. The Morgan fingerprint density at radius 3 is 2.35 bits per heavy atom. The Kier molecular flexibility index (Phi) is 5.04. The summed E-state index contributed by atoms with van der Waals surface area (Å²) in [4.78, 5) is 4.94. The third kappa shape index (κ3) is 3.63. The molecule has 31 heavy (non-hydrogen) atoms. The molecular weight excluding hydrogens is 441 g/mol. The van der Waals surface area contributed by atoms with E-state index in [0.717, 1.165) is 6.42 Å². The van der Waals surface area contributed by atoms with Crippen molar-refractivity contribution >= 4 is 44.6 Å². The van der Waals surface area contributed by atoms with E-state index in [2.05, 4.69) is 95.3 Å². The van der Waals surface area contributed by atoms with Gasteiger partial charge in [-0.1, -0.05) is 0 Å². The summed E-state index contributed by atoms with van der Waals surface area (Å²) in [5, 5.41) is 5.46. The van der Waals surface area contributed by atoms with Gasteiger partial charge in [0.15, 0.2) is 0 Å². The van der Waals surface area contributed by atoms with E-state index >= 15 is 0 Å². The Bertz CT molecular complexity index is 1420. The molecule has 2 aromatic heterocycles.